The molecule has 3 heterocycles. The number of nitrogens with zero attached hydrogens (tertiary/aromatic N) is 3. The lowest BCUT2D eigenvalue weighted by atomic mass is 9.76. The zero-order valence-electron chi connectivity index (χ0n) is 22.2. The number of ether oxygens (including phenoxy) is 1. The van der Waals surface area contributed by atoms with Gasteiger partial charge < -0.3 is 10.1 Å². The SMILES string of the molecule is CC(C)(C)OC(=O)N1CCCCC1C1=NC(Cc2ccccc2)(c2ccc(F)cc2)C(c2ccncc2)N1. The average Bonchev–Trinajstić information content (AvgIpc) is 3.29. The van der Waals surface area contributed by atoms with E-state index in [2.05, 4.69) is 22.4 Å². The summed E-state index contributed by atoms with van der Waals surface area (Å²) in [4.78, 5) is 24.7. The van der Waals surface area contributed by atoms with Gasteiger partial charge in [0.2, 0.25) is 0 Å². The minimum absolute atomic E-state index is 0.235. The lowest BCUT2D eigenvalue weighted by Gasteiger charge is -2.37. The molecule has 1 fully saturated rings. The second-order valence-electron chi connectivity index (χ2n) is 11.1. The Kier molecular flexibility index (Phi) is 7.19. The minimum atomic E-state index is -0.761. The van der Waals surface area contributed by atoms with E-state index in [1.165, 1.54) is 12.1 Å². The van der Waals surface area contributed by atoms with Gasteiger partial charge in [-0.2, -0.15) is 0 Å². The molecule has 2 aliphatic heterocycles. The highest BCUT2D eigenvalue weighted by atomic mass is 19.1. The predicted molar refractivity (Wildman–Crippen MR) is 146 cm³/mol. The number of pyridine rings is 1. The van der Waals surface area contributed by atoms with Crippen molar-refractivity contribution in [3.8, 4) is 0 Å². The number of likely N-dealkylation sites (tertiary alicyclic amines) is 1. The van der Waals surface area contributed by atoms with Crippen LogP contribution in [0.3, 0.4) is 0 Å². The fraction of sp³-hybridized carbons (Fsp3) is 0.387. The number of aliphatic imine (C=N–C) groups is 1. The van der Waals surface area contributed by atoms with Crippen LogP contribution in [0.25, 0.3) is 0 Å². The Hall–Kier alpha value is -3.74. The number of benzene rings is 2. The van der Waals surface area contributed by atoms with Crippen molar-refractivity contribution in [2.45, 2.75) is 69.7 Å². The molecular weight excluding hydrogens is 479 g/mol. The zero-order valence-corrected chi connectivity index (χ0v) is 22.2. The van der Waals surface area contributed by atoms with Gasteiger partial charge in [-0.1, -0.05) is 42.5 Å². The van der Waals surface area contributed by atoms with E-state index in [0.29, 0.717) is 13.0 Å². The predicted octanol–water partition coefficient (Wildman–Crippen LogP) is 6.19. The smallest absolute Gasteiger partial charge is 0.410 e. The van der Waals surface area contributed by atoms with E-state index in [1.807, 2.05) is 68.1 Å². The number of hydrogen-bond acceptors (Lipinski definition) is 5. The second kappa shape index (κ2) is 10.6. The molecule has 3 unspecified atom stereocenters. The van der Waals surface area contributed by atoms with Crippen molar-refractivity contribution in [3.05, 3.63) is 102 Å². The van der Waals surface area contributed by atoms with E-state index in [4.69, 9.17) is 9.73 Å². The molecule has 38 heavy (non-hydrogen) atoms. The maximum Gasteiger partial charge on any atom is 0.410 e. The first-order valence-electron chi connectivity index (χ1n) is 13.3. The fourth-order valence-electron chi connectivity index (χ4n) is 5.54. The molecule has 6 nitrogen and oxygen atoms in total. The van der Waals surface area contributed by atoms with Crippen LogP contribution in [0.2, 0.25) is 0 Å². The third-order valence-electron chi connectivity index (χ3n) is 7.24. The van der Waals surface area contributed by atoms with Crippen LogP contribution in [0.4, 0.5) is 9.18 Å². The van der Waals surface area contributed by atoms with Gasteiger partial charge in [0.05, 0.1) is 12.1 Å². The number of nitrogens with one attached hydrogen (secondary N) is 1. The summed E-state index contributed by atoms with van der Waals surface area (Å²) in [6, 6.07) is 20.4. The summed E-state index contributed by atoms with van der Waals surface area (Å²) < 4.78 is 19.8. The molecule has 1 amide bonds. The molecule has 198 valence electrons. The van der Waals surface area contributed by atoms with E-state index in [-0.39, 0.29) is 24.0 Å². The minimum Gasteiger partial charge on any atom is -0.444 e. The molecule has 0 bridgehead atoms. The molecule has 0 spiro atoms. The molecule has 2 aliphatic rings. The molecule has 1 aromatic heterocycles. The summed E-state index contributed by atoms with van der Waals surface area (Å²) in [6.07, 6.45) is 6.54. The largest absolute Gasteiger partial charge is 0.444 e. The highest BCUT2D eigenvalue weighted by Gasteiger charge is 2.49. The number of carbonyl (C=O) groups excluding carboxylic acids is 1. The number of rotatable bonds is 5. The molecule has 0 aliphatic carbocycles. The molecule has 0 radical (unpaired) electrons. The third-order valence-corrected chi connectivity index (χ3v) is 7.24. The first kappa shape index (κ1) is 25.9. The van der Waals surface area contributed by atoms with Gasteiger partial charge in [0.1, 0.15) is 22.8 Å². The van der Waals surface area contributed by atoms with Gasteiger partial charge in [0.25, 0.3) is 0 Å². The normalized spacial score (nSPS) is 23.5. The summed E-state index contributed by atoms with van der Waals surface area (Å²) in [5, 5.41) is 3.73. The summed E-state index contributed by atoms with van der Waals surface area (Å²) in [6.45, 7) is 6.26. The van der Waals surface area contributed by atoms with Crippen molar-refractivity contribution in [1.82, 2.24) is 15.2 Å². The van der Waals surface area contributed by atoms with Crippen LogP contribution in [0.5, 0.6) is 0 Å². The molecule has 3 atom stereocenters. The van der Waals surface area contributed by atoms with Gasteiger partial charge in [-0.15, -0.1) is 0 Å². The number of halogens is 1. The molecule has 0 saturated carbocycles. The van der Waals surface area contributed by atoms with Crippen LogP contribution in [-0.4, -0.2) is 40.0 Å². The van der Waals surface area contributed by atoms with Crippen molar-refractivity contribution in [3.63, 3.8) is 0 Å². The summed E-state index contributed by atoms with van der Waals surface area (Å²) >= 11 is 0. The topological polar surface area (TPSA) is 66.8 Å². The van der Waals surface area contributed by atoms with E-state index < -0.39 is 11.1 Å². The van der Waals surface area contributed by atoms with Gasteiger partial charge >= 0.3 is 6.09 Å². The van der Waals surface area contributed by atoms with Gasteiger partial charge in [0.15, 0.2) is 0 Å². The van der Waals surface area contributed by atoms with Crippen molar-refractivity contribution >= 4 is 11.9 Å². The Morgan fingerprint density at radius 1 is 1.05 bits per heavy atom. The van der Waals surface area contributed by atoms with Gasteiger partial charge in [-0.05, 0) is 81.0 Å². The Bertz CT molecular complexity index is 1270. The molecule has 3 aromatic rings. The lowest BCUT2D eigenvalue weighted by Crippen LogP contribution is -2.52. The van der Waals surface area contributed by atoms with Crippen molar-refractivity contribution in [1.29, 1.82) is 0 Å². The number of aromatic nitrogens is 1. The number of amidine groups is 1. The Labute approximate surface area is 224 Å². The summed E-state index contributed by atoms with van der Waals surface area (Å²) in [5.74, 6) is 0.472. The molecule has 2 aromatic carbocycles. The first-order chi connectivity index (χ1) is 18.2. The fourth-order valence-corrected chi connectivity index (χ4v) is 5.54. The van der Waals surface area contributed by atoms with Crippen molar-refractivity contribution in [2.75, 3.05) is 6.54 Å². The van der Waals surface area contributed by atoms with Crippen LogP contribution >= 0.6 is 0 Å². The van der Waals surface area contributed by atoms with Gasteiger partial charge in [0, 0.05) is 25.4 Å². The molecule has 5 rings (SSSR count). The molecule has 7 heteroatoms. The number of piperidine rings is 1. The standard InChI is InChI=1S/C31H35FN4O2/c1-30(2,3)38-29(37)36-20-8-7-11-26(36)28-34-27(23-16-18-33-19-17-23)31(35-28,21-22-9-5-4-6-10-22)24-12-14-25(32)15-13-24/h4-6,9-10,12-19,26-27H,7-8,11,20-21H2,1-3H3,(H,34,35). The monoisotopic (exact) mass is 514 g/mol. The quantitative estimate of drug-likeness (QED) is 0.441. The average molecular weight is 515 g/mol. The van der Waals surface area contributed by atoms with E-state index in [1.54, 1.807) is 12.4 Å². The Morgan fingerprint density at radius 2 is 1.76 bits per heavy atom. The maximum absolute atomic E-state index is 14.1. The van der Waals surface area contributed by atoms with Gasteiger partial charge in [-0.25, -0.2) is 9.18 Å². The number of hydrogen-bond donors (Lipinski definition) is 1. The van der Waals surface area contributed by atoms with E-state index in [9.17, 15) is 9.18 Å². The molecule has 1 saturated heterocycles. The summed E-state index contributed by atoms with van der Waals surface area (Å²) in [5.41, 5.74) is 1.71. The second-order valence-corrected chi connectivity index (χ2v) is 11.1. The molecular formula is C31H35FN4O2. The van der Waals surface area contributed by atoms with Gasteiger partial charge in [-0.3, -0.25) is 14.9 Å². The Morgan fingerprint density at radius 3 is 2.45 bits per heavy atom. The van der Waals surface area contributed by atoms with Crippen LogP contribution < -0.4 is 5.32 Å². The Balaban J connectivity index is 1.63. The maximum atomic E-state index is 14.1. The third kappa shape index (κ3) is 5.42. The van der Waals surface area contributed by atoms with Crippen LogP contribution in [0.1, 0.15) is 62.8 Å². The number of carbonyl (C=O) groups is 1. The lowest BCUT2D eigenvalue weighted by molar-refractivity contribution is 0.0164. The van der Waals surface area contributed by atoms with Crippen LogP contribution in [0.15, 0.2) is 84.1 Å². The first-order valence-corrected chi connectivity index (χ1v) is 13.3. The summed E-state index contributed by atoms with van der Waals surface area (Å²) in [7, 11) is 0. The van der Waals surface area contributed by atoms with Crippen molar-refractivity contribution in [2.24, 2.45) is 4.99 Å². The van der Waals surface area contributed by atoms with E-state index >= 15 is 0 Å². The molecule has 1 N–H and O–H groups in total. The highest BCUT2D eigenvalue weighted by molar-refractivity contribution is 5.93. The van der Waals surface area contributed by atoms with E-state index in [0.717, 1.165) is 41.8 Å². The van der Waals surface area contributed by atoms with Crippen molar-refractivity contribution < 1.29 is 13.9 Å². The highest BCUT2D eigenvalue weighted by Crippen LogP contribution is 2.46. The van der Waals surface area contributed by atoms with Crippen LogP contribution in [-0.2, 0) is 16.7 Å². The number of amides is 1. The zero-order chi connectivity index (χ0) is 26.8. The van der Waals surface area contributed by atoms with Crippen LogP contribution in [0, 0.1) is 5.82 Å².